The van der Waals surface area contributed by atoms with Crippen LogP contribution in [0.1, 0.15) is 22.8 Å². The predicted octanol–water partition coefficient (Wildman–Crippen LogP) is 4.05. The maximum Gasteiger partial charge on any atom is 0.338 e. The van der Waals surface area contributed by atoms with E-state index in [0.717, 1.165) is 5.56 Å². The maximum absolute atomic E-state index is 13.1. The lowest BCUT2D eigenvalue weighted by Gasteiger charge is -2.19. The number of nitrogens with one attached hydrogen (secondary N) is 2. The molecular weight excluding hydrogens is 464 g/mol. The molecular formula is C24H23ClN2O5S. The average molecular weight is 487 g/mol. The van der Waals surface area contributed by atoms with Crippen molar-refractivity contribution in [1.82, 2.24) is 4.72 Å². The molecule has 33 heavy (non-hydrogen) atoms. The Kier molecular flexibility index (Phi) is 8.21. The first-order valence-corrected chi connectivity index (χ1v) is 12.0. The van der Waals surface area contributed by atoms with Crippen molar-refractivity contribution >= 4 is 39.2 Å². The molecule has 0 saturated heterocycles. The van der Waals surface area contributed by atoms with Gasteiger partial charge in [-0.05, 0) is 67.4 Å². The molecule has 0 saturated carbocycles. The summed E-state index contributed by atoms with van der Waals surface area (Å²) in [4.78, 5) is 24.9. The number of benzene rings is 3. The van der Waals surface area contributed by atoms with Crippen molar-refractivity contribution in [3.8, 4) is 0 Å². The lowest BCUT2D eigenvalue weighted by molar-refractivity contribution is -0.117. The Balaban J connectivity index is 1.80. The van der Waals surface area contributed by atoms with Crippen LogP contribution in [0, 0.1) is 0 Å². The molecule has 0 aliphatic carbocycles. The molecule has 0 aliphatic rings. The van der Waals surface area contributed by atoms with Gasteiger partial charge in [0, 0.05) is 10.7 Å². The zero-order valence-corrected chi connectivity index (χ0v) is 19.4. The lowest BCUT2D eigenvalue weighted by Crippen LogP contribution is -2.45. The zero-order chi connectivity index (χ0) is 23.8. The van der Waals surface area contributed by atoms with Gasteiger partial charge < -0.3 is 10.1 Å². The molecule has 3 aromatic rings. The molecule has 0 heterocycles. The lowest BCUT2D eigenvalue weighted by atomic mass is 10.1. The van der Waals surface area contributed by atoms with Gasteiger partial charge in [0.1, 0.15) is 6.04 Å². The van der Waals surface area contributed by atoms with E-state index >= 15 is 0 Å². The summed E-state index contributed by atoms with van der Waals surface area (Å²) in [6.07, 6.45) is 0.139. The molecule has 1 unspecified atom stereocenters. The average Bonchev–Trinajstić information content (AvgIpc) is 2.80. The smallest absolute Gasteiger partial charge is 0.338 e. The third-order valence-corrected chi connectivity index (χ3v) is 6.42. The van der Waals surface area contributed by atoms with Crippen LogP contribution in [0.3, 0.4) is 0 Å². The van der Waals surface area contributed by atoms with Gasteiger partial charge in [-0.1, -0.05) is 41.9 Å². The van der Waals surface area contributed by atoms with Crippen LogP contribution in [0.2, 0.25) is 5.02 Å². The van der Waals surface area contributed by atoms with Gasteiger partial charge in [-0.25, -0.2) is 13.2 Å². The highest BCUT2D eigenvalue weighted by Gasteiger charge is 2.26. The van der Waals surface area contributed by atoms with Gasteiger partial charge in [0.05, 0.1) is 17.1 Å². The predicted molar refractivity (Wildman–Crippen MR) is 127 cm³/mol. The van der Waals surface area contributed by atoms with E-state index in [1.807, 2.05) is 30.3 Å². The molecule has 1 amide bonds. The summed E-state index contributed by atoms with van der Waals surface area (Å²) in [6.45, 7) is 1.97. The molecule has 2 N–H and O–H groups in total. The molecule has 7 nitrogen and oxygen atoms in total. The summed E-state index contributed by atoms with van der Waals surface area (Å²) in [6, 6.07) is 19.8. The molecule has 0 spiro atoms. The second-order valence-corrected chi connectivity index (χ2v) is 9.26. The maximum atomic E-state index is 13.1. The fraction of sp³-hybridized carbons (Fsp3) is 0.167. The minimum Gasteiger partial charge on any atom is -0.462 e. The minimum absolute atomic E-state index is 0.00319. The molecule has 0 fully saturated rings. The third kappa shape index (κ3) is 6.89. The molecule has 9 heteroatoms. The topological polar surface area (TPSA) is 102 Å². The number of amides is 1. The Morgan fingerprint density at radius 3 is 2.18 bits per heavy atom. The summed E-state index contributed by atoms with van der Waals surface area (Å²) >= 11 is 5.86. The van der Waals surface area contributed by atoms with E-state index in [9.17, 15) is 18.0 Å². The number of ether oxygens (including phenoxy) is 1. The van der Waals surface area contributed by atoms with Crippen LogP contribution < -0.4 is 10.0 Å². The highest BCUT2D eigenvalue weighted by molar-refractivity contribution is 7.89. The molecule has 3 aromatic carbocycles. The van der Waals surface area contributed by atoms with Gasteiger partial charge >= 0.3 is 5.97 Å². The molecule has 0 aliphatic heterocycles. The van der Waals surface area contributed by atoms with E-state index < -0.39 is 27.9 Å². The van der Waals surface area contributed by atoms with Crippen molar-refractivity contribution in [2.75, 3.05) is 11.9 Å². The number of carbonyl (C=O) groups excluding carboxylic acids is 2. The highest BCUT2D eigenvalue weighted by Crippen LogP contribution is 2.17. The minimum atomic E-state index is -3.99. The van der Waals surface area contributed by atoms with Crippen molar-refractivity contribution in [2.24, 2.45) is 0 Å². The van der Waals surface area contributed by atoms with Crippen molar-refractivity contribution < 1.29 is 22.7 Å². The molecule has 1 atom stereocenters. The van der Waals surface area contributed by atoms with Gasteiger partial charge in [-0.15, -0.1) is 0 Å². The van der Waals surface area contributed by atoms with Crippen molar-refractivity contribution in [3.63, 3.8) is 0 Å². The van der Waals surface area contributed by atoms with Crippen molar-refractivity contribution in [1.29, 1.82) is 0 Å². The molecule has 0 radical (unpaired) electrons. The Morgan fingerprint density at radius 1 is 0.939 bits per heavy atom. The number of carbonyl (C=O) groups is 2. The Morgan fingerprint density at radius 2 is 1.58 bits per heavy atom. The number of anilines is 1. The Hall–Kier alpha value is -3.20. The van der Waals surface area contributed by atoms with Gasteiger partial charge in [0.15, 0.2) is 0 Å². The first-order valence-electron chi connectivity index (χ1n) is 10.2. The first kappa shape index (κ1) is 24.4. The molecule has 0 aromatic heterocycles. The van der Waals surface area contributed by atoms with E-state index in [1.165, 1.54) is 36.4 Å². The quantitative estimate of drug-likeness (QED) is 0.444. The second-order valence-electron chi connectivity index (χ2n) is 7.10. The van der Waals surface area contributed by atoms with E-state index in [2.05, 4.69) is 10.0 Å². The van der Waals surface area contributed by atoms with Crippen LogP contribution in [-0.2, 0) is 26.0 Å². The van der Waals surface area contributed by atoms with Crippen LogP contribution in [0.15, 0.2) is 83.8 Å². The summed E-state index contributed by atoms with van der Waals surface area (Å²) < 4.78 is 33.2. The second kappa shape index (κ2) is 11.1. The fourth-order valence-corrected chi connectivity index (χ4v) is 4.36. The van der Waals surface area contributed by atoms with Crippen LogP contribution in [0.5, 0.6) is 0 Å². The summed E-state index contributed by atoms with van der Waals surface area (Å²) in [7, 11) is -3.99. The standard InChI is InChI=1S/C24H23ClN2O5S/c1-2-32-24(29)18-8-12-20(13-9-18)26-23(28)22(16-17-6-4-3-5-7-17)27-33(30,31)21-14-10-19(25)11-15-21/h3-15,22,27H,2,16H2,1H3,(H,26,28). The summed E-state index contributed by atoms with van der Waals surface area (Å²) in [5.41, 5.74) is 1.55. The Labute approximate surface area is 197 Å². The van der Waals surface area contributed by atoms with E-state index in [0.29, 0.717) is 16.3 Å². The van der Waals surface area contributed by atoms with Crippen molar-refractivity contribution in [3.05, 3.63) is 95.0 Å². The molecule has 0 bridgehead atoms. The van der Waals surface area contributed by atoms with Gasteiger partial charge in [-0.3, -0.25) is 4.79 Å². The van der Waals surface area contributed by atoms with E-state index in [1.54, 1.807) is 19.1 Å². The largest absolute Gasteiger partial charge is 0.462 e. The van der Waals surface area contributed by atoms with E-state index in [4.69, 9.17) is 16.3 Å². The number of rotatable bonds is 9. The summed E-state index contributed by atoms with van der Waals surface area (Å²) in [5.74, 6) is -1.01. The third-order valence-electron chi connectivity index (χ3n) is 4.68. The van der Waals surface area contributed by atoms with Gasteiger partial charge in [0.2, 0.25) is 15.9 Å². The number of halogens is 1. The monoisotopic (exact) mass is 486 g/mol. The van der Waals surface area contributed by atoms with E-state index in [-0.39, 0.29) is 17.9 Å². The number of sulfonamides is 1. The number of hydrogen-bond donors (Lipinski definition) is 2. The number of esters is 1. The molecule has 3 rings (SSSR count). The number of hydrogen-bond acceptors (Lipinski definition) is 5. The van der Waals surface area contributed by atoms with Gasteiger partial charge in [0.25, 0.3) is 0 Å². The highest BCUT2D eigenvalue weighted by atomic mass is 35.5. The van der Waals surface area contributed by atoms with Crippen LogP contribution in [0.25, 0.3) is 0 Å². The normalized spacial score (nSPS) is 12.1. The van der Waals surface area contributed by atoms with Gasteiger partial charge in [-0.2, -0.15) is 4.72 Å². The Bertz CT molecular complexity index is 1200. The fourth-order valence-electron chi connectivity index (χ4n) is 3.04. The van der Waals surface area contributed by atoms with Crippen molar-refractivity contribution in [2.45, 2.75) is 24.3 Å². The van der Waals surface area contributed by atoms with Crippen LogP contribution in [-0.4, -0.2) is 32.9 Å². The first-order chi connectivity index (χ1) is 15.8. The SMILES string of the molecule is CCOC(=O)c1ccc(NC(=O)C(Cc2ccccc2)NS(=O)(=O)c2ccc(Cl)cc2)cc1. The van der Waals surface area contributed by atoms with Crippen LogP contribution >= 0.6 is 11.6 Å². The molecule has 172 valence electrons. The van der Waals surface area contributed by atoms with Crippen LogP contribution in [0.4, 0.5) is 5.69 Å². The zero-order valence-electron chi connectivity index (χ0n) is 17.8. The summed E-state index contributed by atoms with van der Waals surface area (Å²) in [5, 5.41) is 3.11.